The molecule has 3 aromatic rings. The summed E-state index contributed by atoms with van der Waals surface area (Å²) < 4.78 is 1.72. The number of rotatable bonds is 1. The minimum atomic E-state index is -0.230. The Kier molecular flexibility index (Phi) is 5.88. The van der Waals surface area contributed by atoms with E-state index in [0.717, 1.165) is 0 Å². The molecule has 0 bridgehead atoms. The largest absolute Gasteiger partial charge is 1.00 e. The fraction of sp³-hybridized carbons (Fsp3) is 0. The topological polar surface area (TPSA) is 86.8 Å². The number of hydrogen-bond acceptors (Lipinski definition) is 4. The summed E-state index contributed by atoms with van der Waals surface area (Å²) in [5.41, 5.74) is 1.61. The molecule has 0 saturated heterocycles. The van der Waals surface area contributed by atoms with Gasteiger partial charge < -0.3 is 29.0 Å². The van der Waals surface area contributed by atoms with Crippen LogP contribution < -0.4 is 59.1 Å². The summed E-state index contributed by atoms with van der Waals surface area (Å²) in [5, 5.41) is 8.88. The number of nitrogens with one attached hydrogen (secondary N) is 1. The predicted octanol–water partition coefficient (Wildman–Crippen LogP) is -5.04. The minimum absolute atomic E-state index is 0. The van der Waals surface area contributed by atoms with E-state index >= 15 is 0 Å². The van der Waals surface area contributed by atoms with E-state index in [9.17, 15) is 4.79 Å². The Morgan fingerprint density at radius 1 is 1.25 bits per heavy atom. The number of nitrogens with zero attached hydrogens (tertiary/aromatic N) is 4. The summed E-state index contributed by atoms with van der Waals surface area (Å²) in [7, 11) is 0. The summed E-state index contributed by atoms with van der Waals surface area (Å²) in [4.78, 5) is 22.2. The van der Waals surface area contributed by atoms with Gasteiger partial charge in [-0.05, 0) is 12.1 Å². The molecule has 0 spiro atoms. The molecule has 0 fully saturated rings. The molecule has 3 aromatic heterocycles. The van der Waals surface area contributed by atoms with Crippen LogP contribution in [0.3, 0.4) is 0 Å². The van der Waals surface area contributed by atoms with Gasteiger partial charge >= 0.3 is 29.6 Å². The second kappa shape index (κ2) is 6.99. The van der Waals surface area contributed by atoms with Crippen LogP contribution in [0, 0.1) is 11.3 Å². The number of H-pyrrole nitrogens is 1. The summed E-state index contributed by atoms with van der Waals surface area (Å²) >= 11 is 0. The van der Waals surface area contributed by atoms with E-state index in [1.54, 1.807) is 28.9 Å². The summed E-state index contributed by atoms with van der Waals surface area (Å²) in [6.07, 6.45) is 4.70. The first-order valence-corrected chi connectivity index (χ1v) is 5.21. The molecule has 0 aliphatic carbocycles. The molecular weight excluding hydrogens is 380 g/mol. The Labute approximate surface area is 153 Å². The van der Waals surface area contributed by atoms with Gasteiger partial charge in [0.05, 0.1) is 11.8 Å². The van der Waals surface area contributed by atoms with E-state index in [1.807, 2.05) is 0 Å². The van der Waals surface area contributed by atoms with Crippen LogP contribution in [0.15, 0.2) is 41.6 Å². The molecule has 0 atom stereocenters. The maximum absolute atomic E-state index is 11.3. The van der Waals surface area contributed by atoms with Gasteiger partial charge in [0.1, 0.15) is 17.4 Å². The molecule has 0 aromatic carbocycles. The van der Waals surface area contributed by atoms with Crippen molar-refractivity contribution in [1.29, 1.82) is 5.26 Å². The molecule has 3 rings (SSSR count). The molecule has 94 valence electrons. The molecule has 0 radical (unpaired) electrons. The van der Waals surface area contributed by atoms with Crippen molar-refractivity contribution in [3.63, 3.8) is 0 Å². The maximum Gasteiger partial charge on any atom is 1.00 e. The molecule has 8 heteroatoms. The predicted molar refractivity (Wildman–Crippen MR) is 63.8 cm³/mol. The molecule has 0 saturated carbocycles. The van der Waals surface area contributed by atoms with Crippen molar-refractivity contribution in [1.82, 2.24) is 19.4 Å². The maximum atomic E-state index is 11.3. The average molecular weight is 387 g/mol. The van der Waals surface area contributed by atoms with Crippen LogP contribution in [0.5, 0.6) is 0 Å². The first kappa shape index (κ1) is 16.8. The number of pyridine rings is 1. The van der Waals surface area contributed by atoms with Crippen molar-refractivity contribution >= 4 is 5.65 Å². The van der Waals surface area contributed by atoms with Gasteiger partial charge in [0.15, 0.2) is 5.82 Å². The Bertz CT molecular complexity index is 835. The summed E-state index contributed by atoms with van der Waals surface area (Å²) in [6.45, 7) is 0. The van der Waals surface area contributed by atoms with Crippen molar-refractivity contribution < 1.29 is 53.5 Å². The molecule has 3 heterocycles. The van der Waals surface area contributed by atoms with Gasteiger partial charge in [0.2, 0.25) is 0 Å². The van der Waals surface area contributed by atoms with Gasteiger partial charge in [0, 0.05) is 18.5 Å². The zero-order valence-electron chi connectivity index (χ0n) is 10.5. The van der Waals surface area contributed by atoms with Crippen LogP contribution in [0.1, 0.15) is 5.56 Å². The van der Waals surface area contributed by atoms with E-state index in [2.05, 4.69) is 21.0 Å². The van der Waals surface area contributed by atoms with Crippen LogP contribution in [0.4, 0.5) is 0 Å². The van der Waals surface area contributed by atoms with Crippen molar-refractivity contribution in [2.24, 2.45) is 0 Å². The number of halogens is 1. The van der Waals surface area contributed by atoms with Crippen molar-refractivity contribution in [2.45, 2.75) is 0 Å². The molecule has 0 aliphatic heterocycles. The van der Waals surface area contributed by atoms with Gasteiger partial charge in [-0.3, -0.25) is 9.20 Å². The van der Waals surface area contributed by atoms with Gasteiger partial charge in [-0.15, -0.1) is 0 Å². The molecular formula is C12H7IN5NaO. The zero-order valence-corrected chi connectivity index (χ0v) is 14.7. The normalized spacial score (nSPS) is 9.35. The fourth-order valence-electron chi connectivity index (χ4n) is 1.72. The van der Waals surface area contributed by atoms with Gasteiger partial charge in [-0.1, -0.05) is 0 Å². The fourth-order valence-corrected chi connectivity index (χ4v) is 1.72. The van der Waals surface area contributed by atoms with Gasteiger partial charge in [-0.2, -0.15) is 5.26 Å². The third-order valence-electron chi connectivity index (χ3n) is 2.55. The quantitative estimate of drug-likeness (QED) is 0.335. The van der Waals surface area contributed by atoms with Crippen molar-refractivity contribution in [3.8, 4) is 17.6 Å². The van der Waals surface area contributed by atoms with Crippen molar-refractivity contribution in [2.75, 3.05) is 0 Å². The smallest absolute Gasteiger partial charge is 1.00 e. The summed E-state index contributed by atoms with van der Waals surface area (Å²) in [5.74, 6) is 0.421. The van der Waals surface area contributed by atoms with Crippen LogP contribution in [0.25, 0.3) is 17.2 Å². The van der Waals surface area contributed by atoms with E-state index in [4.69, 9.17) is 5.26 Å². The average Bonchev–Trinajstić information content (AvgIpc) is 2.81. The first-order valence-electron chi connectivity index (χ1n) is 5.21. The van der Waals surface area contributed by atoms with E-state index in [-0.39, 0.29) is 59.1 Å². The third kappa shape index (κ3) is 3.09. The standard InChI is InChI=1S/C12H7N5O.HI.Na/c13-5-8-1-2-10-15-6-9(17(10)7-8)12-14-4-3-11(18)16-12;;/h1-4,6-7H,(H,14,16,18);1H;/q;;+1/p-1. The SMILES string of the molecule is N#Cc1ccc2ncc(-c3nccc(=O)[nH]3)n2c1.[I-].[Na+]. The number of hydrogen-bond donors (Lipinski definition) is 1. The number of nitriles is 1. The number of aromatic amines is 1. The minimum Gasteiger partial charge on any atom is -1.00 e. The zero-order chi connectivity index (χ0) is 12.5. The number of aromatic nitrogens is 4. The van der Waals surface area contributed by atoms with Crippen molar-refractivity contribution in [3.05, 3.63) is 52.7 Å². The molecule has 0 aliphatic rings. The number of fused-ring (bicyclic) bond motifs is 1. The Morgan fingerprint density at radius 3 is 2.75 bits per heavy atom. The summed E-state index contributed by atoms with van der Waals surface area (Å²) in [6, 6.07) is 6.83. The van der Waals surface area contributed by atoms with Crippen LogP contribution in [-0.4, -0.2) is 19.4 Å². The van der Waals surface area contributed by atoms with Crippen LogP contribution in [0.2, 0.25) is 0 Å². The van der Waals surface area contributed by atoms with E-state index in [0.29, 0.717) is 22.7 Å². The Hall–Kier alpha value is -1.21. The van der Waals surface area contributed by atoms with E-state index < -0.39 is 0 Å². The monoisotopic (exact) mass is 387 g/mol. The Balaban J connectivity index is 0.000001000. The first-order chi connectivity index (χ1) is 8.78. The van der Waals surface area contributed by atoms with Gasteiger partial charge in [-0.25, -0.2) is 9.97 Å². The molecule has 0 unspecified atom stereocenters. The second-order valence-corrected chi connectivity index (χ2v) is 3.68. The van der Waals surface area contributed by atoms with Crippen LogP contribution >= 0.6 is 0 Å². The third-order valence-corrected chi connectivity index (χ3v) is 2.55. The molecule has 6 nitrogen and oxygen atoms in total. The second-order valence-electron chi connectivity index (χ2n) is 3.68. The Morgan fingerprint density at radius 2 is 2.05 bits per heavy atom. The molecule has 1 N–H and O–H groups in total. The molecule has 20 heavy (non-hydrogen) atoms. The van der Waals surface area contributed by atoms with E-state index in [1.165, 1.54) is 12.3 Å². The number of imidazole rings is 1. The van der Waals surface area contributed by atoms with Gasteiger partial charge in [0.25, 0.3) is 5.56 Å². The van der Waals surface area contributed by atoms with Crippen LogP contribution in [-0.2, 0) is 0 Å². The molecule has 0 amide bonds.